The van der Waals surface area contributed by atoms with E-state index in [4.69, 9.17) is 0 Å². The van der Waals surface area contributed by atoms with E-state index in [-0.39, 0.29) is 11.9 Å². The molecule has 0 aliphatic rings. The Morgan fingerprint density at radius 3 is 2.95 bits per heavy atom. The maximum absolute atomic E-state index is 12.3. The number of hydrogen-bond acceptors (Lipinski definition) is 2. The Labute approximate surface area is 121 Å². The number of aromatic amines is 1. The number of hydrogen-bond donors (Lipinski definition) is 2. The molecular formula is C16H16N2OS. The maximum Gasteiger partial charge on any atom is 0.253 e. The van der Waals surface area contributed by atoms with Crippen LogP contribution in [0.15, 0.2) is 48.0 Å². The average molecular weight is 284 g/mol. The van der Waals surface area contributed by atoms with Crippen molar-refractivity contribution in [3.05, 3.63) is 58.4 Å². The molecule has 0 aliphatic heterocycles. The van der Waals surface area contributed by atoms with E-state index in [2.05, 4.69) is 21.7 Å². The van der Waals surface area contributed by atoms with Gasteiger partial charge in [0, 0.05) is 34.4 Å². The summed E-state index contributed by atoms with van der Waals surface area (Å²) in [5, 5.41) is 6.09. The Balaban J connectivity index is 1.73. The second-order valence-electron chi connectivity index (χ2n) is 4.91. The van der Waals surface area contributed by atoms with E-state index in [0.717, 1.165) is 17.3 Å². The molecule has 3 rings (SSSR count). The van der Waals surface area contributed by atoms with Crippen LogP contribution in [0, 0.1) is 0 Å². The van der Waals surface area contributed by atoms with Gasteiger partial charge in [0.2, 0.25) is 0 Å². The number of nitrogens with one attached hydrogen (secondary N) is 2. The summed E-state index contributed by atoms with van der Waals surface area (Å²) in [6.45, 7) is 2.03. The number of aromatic nitrogens is 1. The molecule has 2 aromatic heterocycles. The summed E-state index contributed by atoms with van der Waals surface area (Å²) in [6.07, 6.45) is 2.64. The lowest BCUT2D eigenvalue weighted by molar-refractivity contribution is 0.0942. The molecule has 2 N–H and O–H groups in total. The van der Waals surface area contributed by atoms with E-state index < -0.39 is 0 Å². The highest BCUT2D eigenvalue weighted by atomic mass is 32.1. The highest BCUT2D eigenvalue weighted by molar-refractivity contribution is 7.09. The fourth-order valence-electron chi connectivity index (χ4n) is 2.34. The summed E-state index contributed by atoms with van der Waals surface area (Å²) in [5.74, 6) is -0.0218. The van der Waals surface area contributed by atoms with E-state index in [1.165, 1.54) is 4.88 Å². The molecule has 0 aliphatic carbocycles. The first-order valence-corrected chi connectivity index (χ1v) is 7.51. The quantitative estimate of drug-likeness (QED) is 0.755. The van der Waals surface area contributed by atoms with Gasteiger partial charge in [-0.05, 0) is 24.4 Å². The molecule has 20 heavy (non-hydrogen) atoms. The van der Waals surface area contributed by atoms with Crippen LogP contribution >= 0.6 is 11.3 Å². The first-order valence-electron chi connectivity index (χ1n) is 6.63. The summed E-state index contributed by atoms with van der Waals surface area (Å²) in [5.41, 5.74) is 1.70. The molecule has 4 heteroatoms. The lowest BCUT2D eigenvalue weighted by atomic mass is 10.1. The third-order valence-electron chi connectivity index (χ3n) is 3.30. The fraction of sp³-hybridized carbons (Fsp3) is 0.188. The van der Waals surface area contributed by atoms with Gasteiger partial charge in [0.15, 0.2) is 0 Å². The molecule has 1 aromatic carbocycles. The van der Waals surface area contributed by atoms with E-state index in [9.17, 15) is 4.79 Å². The minimum absolute atomic E-state index is 0.0218. The predicted octanol–water partition coefficient (Wildman–Crippen LogP) is 3.59. The predicted molar refractivity (Wildman–Crippen MR) is 83.2 cm³/mol. The SMILES string of the molecule is CC(Cc1cccs1)NC(=O)c1c[nH]c2ccccc12. The zero-order valence-electron chi connectivity index (χ0n) is 11.2. The molecule has 1 atom stereocenters. The van der Waals surface area contributed by atoms with E-state index in [0.29, 0.717) is 5.56 Å². The molecule has 0 spiro atoms. The first-order chi connectivity index (χ1) is 9.74. The van der Waals surface area contributed by atoms with Gasteiger partial charge < -0.3 is 10.3 Å². The lowest BCUT2D eigenvalue weighted by Gasteiger charge is -2.12. The van der Waals surface area contributed by atoms with Gasteiger partial charge in [0.1, 0.15) is 0 Å². The van der Waals surface area contributed by atoms with Gasteiger partial charge in [-0.25, -0.2) is 0 Å². The van der Waals surface area contributed by atoms with Crippen LogP contribution in [-0.4, -0.2) is 16.9 Å². The molecular weight excluding hydrogens is 268 g/mol. The van der Waals surface area contributed by atoms with Crippen LogP contribution in [0.4, 0.5) is 0 Å². The van der Waals surface area contributed by atoms with Crippen molar-refractivity contribution < 1.29 is 4.79 Å². The van der Waals surface area contributed by atoms with Gasteiger partial charge in [0.25, 0.3) is 5.91 Å². The summed E-state index contributed by atoms with van der Waals surface area (Å²) >= 11 is 1.72. The number of H-pyrrole nitrogens is 1. The number of thiophene rings is 1. The Hall–Kier alpha value is -2.07. The van der Waals surface area contributed by atoms with Crippen molar-refractivity contribution in [1.29, 1.82) is 0 Å². The lowest BCUT2D eigenvalue weighted by Crippen LogP contribution is -2.33. The van der Waals surface area contributed by atoms with Crippen molar-refractivity contribution in [3.8, 4) is 0 Å². The third-order valence-corrected chi connectivity index (χ3v) is 4.20. The number of carbonyl (C=O) groups is 1. The normalized spacial score (nSPS) is 12.4. The largest absolute Gasteiger partial charge is 0.360 e. The van der Waals surface area contributed by atoms with Crippen LogP contribution in [0.2, 0.25) is 0 Å². The van der Waals surface area contributed by atoms with Gasteiger partial charge in [-0.1, -0.05) is 24.3 Å². The van der Waals surface area contributed by atoms with Crippen LogP contribution < -0.4 is 5.32 Å². The molecule has 0 fully saturated rings. The number of rotatable bonds is 4. The van der Waals surface area contributed by atoms with Crippen LogP contribution in [0.1, 0.15) is 22.2 Å². The summed E-state index contributed by atoms with van der Waals surface area (Å²) in [7, 11) is 0. The molecule has 1 unspecified atom stereocenters. The zero-order valence-corrected chi connectivity index (χ0v) is 12.0. The monoisotopic (exact) mass is 284 g/mol. The minimum atomic E-state index is -0.0218. The maximum atomic E-state index is 12.3. The second-order valence-corrected chi connectivity index (χ2v) is 5.94. The van der Waals surface area contributed by atoms with Gasteiger partial charge in [-0.2, -0.15) is 0 Å². The second kappa shape index (κ2) is 5.51. The van der Waals surface area contributed by atoms with E-state index in [1.807, 2.05) is 37.3 Å². The Morgan fingerprint density at radius 1 is 1.30 bits per heavy atom. The molecule has 0 saturated carbocycles. The van der Waals surface area contributed by atoms with Crippen molar-refractivity contribution in [2.45, 2.75) is 19.4 Å². The summed E-state index contributed by atoms with van der Waals surface area (Å²) in [4.78, 5) is 16.7. The number of fused-ring (bicyclic) bond motifs is 1. The zero-order chi connectivity index (χ0) is 13.9. The molecule has 3 aromatic rings. The smallest absolute Gasteiger partial charge is 0.253 e. The average Bonchev–Trinajstić information content (AvgIpc) is 3.07. The van der Waals surface area contributed by atoms with Gasteiger partial charge >= 0.3 is 0 Å². The Bertz CT molecular complexity index is 715. The van der Waals surface area contributed by atoms with Crippen LogP contribution in [-0.2, 0) is 6.42 Å². The summed E-state index contributed by atoms with van der Waals surface area (Å²) in [6, 6.07) is 12.1. The topological polar surface area (TPSA) is 44.9 Å². The van der Waals surface area contributed by atoms with Crippen molar-refractivity contribution in [3.63, 3.8) is 0 Å². The van der Waals surface area contributed by atoms with Crippen molar-refractivity contribution in [2.75, 3.05) is 0 Å². The van der Waals surface area contributed by atoms with Crippen molar-refractivity contribution >= 4 is 28.1 Å². The highest BCUT2D eigenvalue weighted by Crippen LogP contribution is 2.18. The van der Waals surface area contributed by atoms with E-state index in [1.54, 1.807) is 17.5 Å². The number of amides is 1. The molecule has 1 amide bonds. The third kappa shape index (κ3) is 2.60. The highest BCUT2D eigenvalue weighted by Gasteiger charge is 2.14. The van der Waals surface area contributed by atoms with Gasteiger partial charge in [0.05, 0.1) is 5.56 Å². The Kier molecular flexibility index (Phi) is 3.56. The first kappa shape index (κ1) is 12.9. The number of para-hydroxylation sites is 1. The number of carbonyl (C=O) groups excluding carboxylic acids is 1. The van der Waals surface area contributed by atoms with Crippen molar-refractivity contribution in [2.24, 2.45) is 0 Å². The van der Waals surface area contributed by atoms with Crippen LogP contribution in [0.3, 0.4) is 0 Å². The van der Waals surface area contributed by atoms with Crippen molar-refractivity contribution in [1.82, 2.24) is 10.3 Å². The summed E-state index contributed by atoms with van der Waals surface area (Å²) < 4.78 is 0. The molecule has 0 saturated heterocycles. The molecule has 2 heterocycles. The molecule has 0 radical (unpaired) electrons. The standard InChI is InChI=1S/C16H16N2OS/c1-11(9-12-5-4-8-20-12)18-16(19)14-10-17-15-7-3-2-6-13(14)15/h2-8,10-11,17H,9H2,1H3,(H,18,19). The molecule has 3 nitrogen and oxygen atoms in total. The Morgan fingerprint density at radius 2 is 2.15 bits per heavy atom. The van der Waals surface area contributed by atoms with Crippen LogP contribution in [0.25, 0.3) is 10.9 Å². The van der Waals surface area contributed by atoms with E-state index >= 15 is 0 Å². The van der Waals surface area contributed by atoms with Gasteiger partial charge in [-0.3, -0.25) is 4.79 Å². The molecule has 102 valence electrons. The molecule has 0 bridgehead atoms. The number of benzene rings is 1. The fourth-order valence-corrected chi connectivity index (χ4v) is 3.18. The van der Waals surface area contributed by atoms with Gasteiger partial charge in [-0.15, -0.1) is 11.3 Å². The van der Waals surface area contributed by atoms with Crippen LogP contribution in [0.5, 0.6) is 0 Å². The minimum Gasteiger partial charge on any atom is -0.360 e.